The van der Waals surface area contributed by atoms with E-state index in [1.165, 1.54) is 24.8 Å². The van der Waals surface area contributed by atoms with Crippen LogP contribution < -0.4 is 5.32 Å². The van der Waals surface area contributed by atoms with Gasteiger partial charge in [0.1, 0.15) is 0 Å². The Bertz CT molecular complexity index is 563. The SMILES string of the molecule is O=C(O)C(F)(F)F.c1cc(COC[C@H]2CCC[C@]23CNCCO3)ccn1. The fourth-order valence-electron chi connectivity index (χ4n) is 3.25. The molecule has 0 amide bonds. The van der Waals surface area contributed by atoms with Crippen molar-refractivity contribution in [3.63, 3.8) is 0 Å². The Labute approximate surface area is 149 Å². The quantitative estimate of drug-likeness (QED) is 0.840. The number of pyridine rings is 1. The number of aromatic nitrogens is 1. The van der Waals surface area contributed by atoms with Crippen molar-refractivity contribution in [3.8, 4) is 0 Å². The molecule has 2 atom stereocenters. The minimum atomic E-state index is -5.08. The third-order valence-corrected chi connectivity index (χ3v) is 4.57. The van der Waals surface area contributed by atoms with E-state index >= 15 is 0 Å². The maximum absolute atomic E-state index is 10.6. The lowest BCUT2D eigenvalue weighted by atomic mass is 9.90. The monoisotopic (exact) mass is 376 g/mol. The number of ether oxygens (including phenoxy) is 2. The van der Waals surface area contributed by atoms with Crippen LogP contribution in [-0.2, 0) is 20.9 Å². The Morgan fingerprint density at radius 3 is 2.69 bits per heavy atom. The van der Waals surface area contributed by atoms with Gasteiger partial charge in [-0.3, -0.25) is 4.98 Å². The lowest BCUT2D eigenvalue weighted by Gasteiger charge is -2.39. The van der Waals surface area contributed by atoms with E-state index < -0.39 is 12.1 Å². The van der Waals surface area contributed by atoms with Crippen LogP contribution in [0, 0.1) is 5.92 Å². The van der Waals surface area contributed by atoms with Gasteiger partial charge in [0.25, 0.3) is 0 Å². The van der Waals surface area contributed by atoms with Crippen LogP contribution in [0.4, 0.5) is 13.2 Å². The fraction of sp³-hybridized carbons (Fsp3) is 0.647. The number of alkyl halides is 3. The number of rotatable bonds is 4. The molecule has 1 aromatic rings. The van der Waals surface area contributed by atoms with Crippen LogP contribution in [0.15, 0.2) is 24.5 Å². The number of hydrogen-bond donors (Lipinski definition) is 2. The summed E-state index contributed by atoms with van der Waals surface area (Å²) in [6.45, 7) is 4.26. The minimum Gasteiger partial charge on any atom is -0.475 e. The fourth-order valence-corrected chi connectivity index (χ4v) is 3.25. The molecular formula is C17H23F3N2O4. The molecule has 9 heteroatoms. The van der Waals surface area contributed by atoms with Gasteiger partial charge < -0.3 is 19.9 Å². The topological polar surface area (TPSA) is 80.7 Å². The third-order valence-electron chi connectivity index (χ3n) is 4.57. The van der Waals surface area contributed by atoms with Crippen molar-refractivity contribution in [2.24, 2.45) is 5.92 Å². The molecule has 0 radical (unpaired) electrons. The molecule has 1 spiro atoms. The van der Waals surface area contributed by atoms with Crippen molar-refractivity contribution in [3.05, 3.63) is 30.1 Å². The van der Waals surface area contributed by atoms with Gasteiger partial charge in [0.15, 0.2) is 0 Å². The first-order valence-corrected chi connectivity index (χ1v) is 8.45. The van der Waals surface area contributed by atoms with Crippen LogP contribution in [0.2, 0.25) is 0 Å². The van der Waals surface area contributed by atoms with E-state index in [0.29, 0.717) is 12.5 Å². The van der Waals surface area contributed by atoms with E-state index in [2.05, 4.69) is 10.3 Å². The minimum absolute atomic E-state index is 0.0382. The highest BCUT2D eigenvalue weighted by molar-refractivity contribution is 5.73. The van der Waals surface area contributed by atoms with Gasteiger partial charge in [-0.05, 0) is 30.5 Å². The summed E-state index contributed by atoms with van der Waals surface area (Å²) in [7, 11) is 0. The van der Waals surface area contributed by atoms with Crippen LogP contribution >= 0.6 is 0 Å². The standard InChI is InChI=1S/C15H22N2O2.C2HF3O2/c1-2-14(15(5-1)12-17-8-9-19-15)11-18-10-13-3-6-16-7-4-13;3-2(4,5)1(6)7/h3-4,6-7,14,17H,1-2,5,8-12H2;(H,6,7)/t14-,15+;/m1./s1. The summed E-state index contributed by atoms with van der Waals surface area (Å²) >= 11 is 0. The number of carboxylic acid groups (broad SMARTS) is 1. The first-order valence-electron chi connectivity index (χ1n) is 8.45. The van der Waals surface area contributed by atoms with E-state index in [1.807, 2.05) is 24.5 Å². The highest BCUT2D eigenvalue weighted by Crippen LogP contribution is 2.39. The van der Waals surface area contributed by atoms with E-state index in [-0.39, 0.29) is 5.60 Å². The molecule has 1 aliphatic heterocycles. The van der Waals surface area contributed by atoms with Gasteiger partial charge in [0.2, 0.25) is 0 Å². The second-order valence-corrected chi connectivity index (χ2v) is 6.35. The summed E-state index contributed by atoms with van der Waals surface area (Å²) in [5.74, 6) is -2.23. The van der Waals surface area contributed by atoms with Gasteiger partial charge in [0, 0.05) is 31.4 Å². The van der Waals surface area contributed by atoms with Gasteiger partial charge in [-0.25, -0.2) is 4.79 Å². The van der Waals surface area contributed by atoms with E-state index in [4.69, 9.17) is 19.4 Å². The van der Waals surface area contributed by atoms with E-state index in [0.717, 1.165) is 26.3 Å². The molecule has 0 aromatic carbocycles. The largest absolute Gasteiger partial charge is 0.490 e. The average molecular weight is 376 g/mol. The van der Waals surface area contributed by atoms with Gasteiger partial charge in [-0.15, -0.1) is 0 Å². The van der Waals surface area contributed by atoms with Crippen LogP contribution in [0.25, 0.3) is 0 Å². The van der Waals surface area contributed by atoms with Crippen LogP contribution in [0.1, 0.15) is 24.8 Å². The van der Waals surface area contributed by atoms with Crippen molar-refractivity contribution < 1.29 is 32.5 Å². The van der Waals surface area contributed by atoms with Crippen LogP contribution in [0.5, 0.6) is 0 Å². The maximum atomic E-state index is 10.6. The van der Waals surface area contributed by atoms with Gasteiger partial charge in [0.05, 0.1) is 25.4 Å². The molecule has 1 aromatic heterocycles. The van der Waals surface area contributed by atoms with Crippen LogP contribution in [-0.4, -0.2) is 54.1 Å². The summed E-state index contributed by atoms with van der Waals surface area (Å²) in [5, 5.41) is 10.6. The molecule has 26 heavy (non-hydrogen) atoms. The number of halogens is 3. The molecule has 146 valence electrons. The number of hydrogen-bond acceptors (Lipinski definition) is 5. The van der Waals surface area contributed by atoms with Crippen molar-refractivity contribution >= 4 is 5.97 Å². The molecule has 2 N–H and O–H groups in total. The Kier molecular flexibility index (Phi) is 7.36. The molecule has 1 saturated heterocycles. The number of nitrogens with zero attached hydrogens (tertiary/aromatic N) is 1. The lowest BCUT2D eigenvalue weighted by molar-refractivity contribution is -0.192. The maximum Gasteiger partial charge on any atom is 0.490 e. The summed E-state index contributed by atoms with van der Waals surface area (Å²) in [4.78, 5) is 12.9. The van der Waals surface area contributed by atoms with Crippen molar-refractivity contribution in [1.82, 2.24) is 10.3 Å². The Hall–Kier alpha value is -1.71. The molecule has 6 nitrogen and oxygen atoms in total. The summed E-state index contributed by atoms with van der Waals surface area (Å²) in [6.07, 6.45) is 2.18. The zero-order chi connectivity index (χ0) is 19.0. The number of carbonyl (C=O) groups is 1. The molecule has 1 saturated carbocycles. The predicted octanol–water partition coefficient (Wildman–Crippen LogP) is 2.39. The van der Waals surface area contributed by atoms with Gasteiger partial charge >= 0.3 is 12.1 Å². The number of aliphatic carboxylic acids is 1. The van der Waals surface area contributed by atoms with E-state index in [1.54, 1.807) is 0 Å². The van der Waals surface area contributed by atoms with Crippen molar-refractivity contribution in [1.29, 1.82) is 0 Å². The number of nitrogens with one attached hydrogen (secondary N) is 1. The molecule has 3 rings (SSSR count). The predicted molar refractivity (Wildman–Crippen MR) is 86.5 cm³/mol. The smallest absolute Gasteiger partial charge is 0.475 e. The van der Waals surface area contributed by atoms with Gasteiger partial charge in [-0.2, -0.15) is 13.2 Å². The zero-order valence-corrected chi connectivity index (χ0v) is 14.3. The molecule has 1 aliphatic carbocycles. The van der Waals surface area contributed by atoms with Gasteiger partial charge in [-0.1, -0.05) is 6.42 Å². The molecule has 0 bridgehead atoms. The van der Waals surface area contributed by atoms with Crippen molar-refractivity contribution in [2.45, 2.75) is 37.6 Å². The van der Waals surface area contributed by atoms with Crippen LogP contribution in [0.3, 0.4) is 0 Å². The normalized spacial score (nSPS) is 25.6. The Morgan fingerprint density at radius 1 is 1.42 bits per heavy atom. The van der Waals surface area contributed by atoms with E-state index in [9.17, 15) is 13.2 Å². The summed E-state index contributed by atoms with van der Waals surface area (Å²) in [6, 6.07) is 4.01. The molecular weight excluding hydrogens is 353 g/mol. The molecule has 2 heterocycles. The third kappa shape index (κ3) is 5.93. The first kappa shape index (κ1) is 20.6. The zero-order valence-electron chi connectivity index (χ0n) is 14.3. The number of carboxylic acids is 1. The Balaban J connectivity index is 0.000000298. The first-order chi connectivity index (χ1) is 12.3. The number of morpholine rings is 1. The lowest BCUT2D eigenvalue weighted by Crippen LogP contribution is -2.52. The highest BCUT2D eigenvalue weighted by atomic mass is 19.4. The molecule has 2 fully saturated rings. The molecule has 0 unspecified atom stereocenters. The average Bonchev–Trinajstić information content (AvgIpc) is 2.98. The second kappa shape index (κ2) is 9.29. The second-order valence-electron chi connectivity index (χ2n) is 6.35. The summed E-state index contributed by atoms with van der Waals surface area (Å²) in [5.41, 5.74) is 1.22. The van der Waals surface area contributed by atoms with Crippen molar-refractivity contribution in [2.75, 3.05) is 26.3 Å². The molecule has 2 aliphatic rings. The highest BCUT2D eigenvalue weighted by Gasteiger charge is 2.44. The summed E-state index contributed by atoms with van der Waals surface area (Å²) < 4.78 is 43.7. The Morgan fingerprint density at radius 2 is 2.12 bits per heavy atom.